The first-order valence-electron chi connectivity index (χ1n) is 8.26. The van der Waals surface area contributed by atoms with Crippen LogP contribution < -0.4 is 5.32 Å². The first-order valence-corrected chi connectivity index (χ1v) is 8.26. The van der Waals surface area contributed by atoms with Crippen LogP contribution in [0.2, 0.25) is 0 Å². The molecule has 0 saturated carbocycles. The van der Waals surface area contributed by atoms with Gasteiger partial charge in [-0.25, -0.2) is 0 Å². The summed E-state index contributed by atoms with van der Waals surface area (Å²) in [5.74, 6) is 1.45. The topological polar surface area (TPSA) is 41.6 Å². The van der Waals surface area contributed by atoms with E-state index in [2.05, 4.69) is 31.0 Å². The van der Waals surface area contributed by atoms with Gasteiger partial charge in [-0.3, -0.25) is 10.1 Å². The average Bonchev–Trinajstić information content (AvgIpc) is 2.99. The molecule has 2 rings (SSSR count). The molecule has 0 aromatic carbocycles. The molecule has 4 nitrogen and oxygen atoms in total. The third kappa shape index (κ3) is 3.95. The summed E-state index contributed by atoms with van der Waals surface area (Å²) >= 11 is 0. The highest BCUT2D eigenvalue weighted by Crippen LogP contribution is 2.24. The fourth-order valence-electron chi connectivity index (χ4n) is 3.23. The van der Waals surface area contributed by atoms with E-state index in [1.54, 1.807) is 0 Å². The first-order chi connectivity index (χ1) is 9.61. The summed E-state index contributed by atoms with van der Waals surface area (Å²) in [5, 5.41) is 3.57. The largest absolute Gasteiger partial charge is 0.381 e. The van der Waals surface area contributed by atoms with Crippen LogP contribution in [0.4, 0.5) is 0 Å². The molecule has 0 spiro atoms. The number of unbranched alkanes of at least 4 members (excludes halogenated alkanes) is 1. The van der Waals surface area contributed by atoms with Crippen molar-refractivity contribution in [3.8, 4) is 0 Å². The smallest absolute Gasteiger partial charge is 0.241 e. The Morgan fingerprint density at radius 2 is 2.25 bits per heavy atom. The molecule has 2 fully saturated rings. The molecule has 1 N–H and O–H groups in total. The third-order valence-corrected chi connectivity index (χ3v) is 4.37. The Labute approximate surface area is 123 Å². The highest BCUT2D eigenvalue weighted by Gasteiger charge is 2.39. The van der Waals surface area contributed by atoms with E-state index < -0.39 is 0 Å². The van der Waals surface area contributed by atoms with Crippen molar-refractivity contribution in [2.24, 2.45) is 11.8 Å². The number of ether oxygens (including phenoxy) is 1. The minimum Gasteiger partial charge on any atom is -0.381 e. The molecule has 116 valence electrons. The van der Waals surface area contributed by atoms with Crippen LogP contribution in [0.15, 0.2) is 0 Å². The summed E-state index contributed by atoms with van der Waals surface area (Å²) < 4.78 is 5.45. The summed E-state index contributed by atoms with van der Waals surface area (Å²) in [6.07, 6.45) is 5.61. The molecule has 0 aromatic rings. The van der Waals surface area contributed by atoms with Gasteiger partial charge in [-0.15, -0.1) is 0 Å². The number of carbonyl (C=O) groups excluding carboxylic acids is 1. The molecule has 0 radical (unpaired) electrons. The predicted molar refractivity (Wildman–Crippen MR) is 80.3 cm³/mol. The Bertz CT molecular complexity index is 314. The van der Waals surface area contributed by atoms with Gasteiger partial charge >= 0.3 is 0 Å². The van der Waals surface area contributed by atoms with E-state index in [0.717, 1.165) is 51.9 Å². The summed E-state index contributed by atoms with van der Waals surface area (Å²) in [7, 11) is 0. The van der Waals surface area contributed by atoms with Crippen molar-refractivity contribution in [2.75, 3.05) is 19.8 Å². The molecule has 0 aromatic heterocycles. The lowest BCUT2D eigenvalue weighted by molar-refractivity contribution is -0.130. The summed E-state index contributed by atoms with van der Waals surface area (Å²) in [4.78, 5) is 14.7. The lowest BCUT2D eigenvalue weighted by atomic mass is 10.1. The molecule has 3 unspecified atom stereocenters. The van der Waals surface area contributed by atoms with Crippen molar-refractivity contribution >= 4 is 5.91 Å². The standard InChI is InChI=1S/C16H30N2O2/c1-4-5-6-14-16(19)18(10-13-7-8-20-11-13)15(17-14)9-12(2)3/h12-15,17H,4-11H2,1-3H3. The molecule has 20 heavy (non-hydrogen) atoms. The van der Waals surface area contributed by atoms with Gasteiger partial charge in [0.1, 0.15) is 0 Å². The second-order valence-electron chi connectivity index (χ2n) is 6.73. The molecular weight excluding hydrogens is 252 g/mol. The highest BCUT2D eigenvalue weighted by atomic mass is 16.5. The van der Waals surface area contributed by atoms with E-state index in [4.69, 9.17) is 4.74 Å². The maximum atomic E-state index is 12.6. The quantitative estimate of drug-likeness (QED) is 0.779. The molecule has 1 amide bonds. The summed E-state index contributed by atoms with van der Waals surface area (Å²) in [6.45, 7) is 9.17. The second kappa shape index (κ2) is 7.41. The summed E-state index contributed by atoms with van der Waals surface area (Å²) in [5.41, 5.74) is 0. The van der Waals surface area contributed by atoms with Crippen molar-refractivity contribution in [3.63, 3.8) is 0 Å². The number of nitrogens with one attached hydrogen (secondary N) is 1. The van der Waals surface area contributed by atoms with Crippen LogP contribution in [0, 0.1) is 11.8 Å². The van der Waals surface area contributed by atoms with Gasteiger partial charge in [0.25, 0.3) is 0 Å². The third-order valence-electron chi connectivity index (χ3n) is 4.37. The van der Waals surface area contributed by atoms with Gasteiger partial charge < -0.3 is 9.64 Å². The van der Waals surface area contributed by atoms with Crippen molar-refractivity contribution in [3.05, 3.63) is 0 Å². The fourth-order valence-corrected chi connectivity index (χ4v) is 3.23. The minimum atomic E-state index is 0.0426. The van der Waals surface area contributed by atoms with Gasteiger partial charge in [0, 0.05) is 19.1 Å². The van der Waals surface area contributed by atoms with Crippen LogP contribution in [-0.2, 0) is 9.53 Å². The SMILES string of the molecule is CCCCC1NC(CC(C)C)N(CC2CCOC2)C1=O. The van der Waals surface area contributed by atoms with E-state index in [0.29, 0.717) is 17.7 Å². The lowest BCUT2D eigenvalue weighted by Crippen LogP contribution is -2.41. The normalized spacial score (nSPS) is 30.7. The predicted octanol–water partition coefficient (Wildman–Crippen LogP) is 2.39. The zero-order valence-electron chi connectivity index (χ0n) is 13.2. The number of hydrogen-bond donors (Lipinski definition) is 1. The number of carbonyl (C=O) groups is 1. The first kappa shape index (κ1) is 15.8. The zero-order valence-corrected chi connectivity index (χ0v) is 13.2. The van der Waals surface area contributed by atoms with Crippen molar-refractivity contribution in [1.29, 1.82) is 0 Å². The molecule has 4 heteroatoms. The molecule has 2 aliphatic heterocycles. The molecular formula is C16H30N2O2. The Morgan fingerprint density at radius 3 is 2.85 bits per heavy atom. The molecule has 2 heterocycles. The number of amides is 1. The molecule has 3 atom stereocenters. The van der Waals surface area contributed by atoms with E-state index in [1.165, 1.54) is 0 Å². The van der Waals surface area contributed by atoms with Gasteiger partial charge in [-0.1, -0.05) is 33.6 Å². The average molecular weight is 282 g/mol. The van der Waals surface area contributed by atoms with Crippen LogP contribution in [0.5, 0.6) is 0 Å². The summed E-state index contributed by atoms with van der Waals surface area (Å²) in [6, 6.07) is 0.0426. The van der Waals surface area contributed by atoms with Crippen molar-refractivity contribution < 1.29 is 9.53 Å². The molecule has 2 aliphatic rings. The van der Waals surface area contributed by atoms with Gasteiger partial charge in [0.15, 0.2) is 0 Å². The van der Waals surface area contributed by atoms with E-state index in [9.17, 15) is 4.79 Å². The second-order valence-corrected chi connectivity index (χ2v) is 6.73. The number of hydrogen-bond acceptors (Lipinski definition) is 3. The Morgan fingerprint density at radius 1 is 1.45 bits per heavy atom. The van der Waals surface area contributed by atoms with E-state index in [1.807, 2.05) is 0 Å². The van der Waals surface area contributed by atoms with Crippen LogP contribution in [0.25, 0.3) is 0 Å². The number of nitrogens with zero attached hydrogens (tertiary/aromatic N) is 1. The minimum absolute atomic E-state index is 0.0426. The molecule has 0 aliphatic carbocycles. The maximum Gasteiger partial charge on any atom is 0.241 e. The van der Waals surface area contributed by atoms with Gasteiger partial charge in [-0.05, 0) is 25.2 Å². The van der Waals surface area contributed by atoms with Gasteiger partial charge in [-0.2, -0.15) is 0 Å². The van der Waals surface area contributed by atoms with E-state index >= 15 is 0 Å². The van der Waals surface area contributed by atoms with Crippen LogP contribution in [-0.4, -0.2) is 42.8 Å². The molecule has 0 bridgehead atoms. The Balaban J connectivity index is 1.97. The maximum absolute atomic E-state index is 12.6. The van der Waals surface area contributed by atoms with Crippen molar-refractivity contribution in [1.82, 2.24) is 10.2 Å². The van der Waals surface area contributed by atoms with Crippen LogP contribution in [0.3, 0.4) is 0 Å². The Kier molecular flexibility index (Phi) is 5.85. The van der Waals surface area contributed by atoms with E-state index in [-0.39, 0.29) is 12.2 Å². The fraction of sp³-hybridized carbons (Fsp3) is 0.938. The highest BCUT2D eigenvalue weighted by molar-refractivity contribution is 5.84. The van der Waals surface area contributed by atoms with Crippen LogP contribution in [0.1, 0.15) is 52.9 Å². The van der Waals surface area contributed by atoms with Gasteiger partial charge in [0.2, 0.25) is 5.91 Å². The number of rotatable bonds is 7. The molecule has 2 saturated heterocycles. The van der Waals surface area contributed by atoms with Crippen molar-refractivity contribution in [2.45, 2.75) is 65.1 Å². The van der Waals surface area contributed by atoms with Gasteiger partial charge in [0.05, 0.1) is 18.8 Å². The lowest BCUT2D eigenvalue weighted by Gasteiger charge is -2.27. The Hall–Kier alpha value is -0.610. The zero-order chi connectivity index (χ0) is 14.5. The monoisotopic (exact) mass is 282 g/mol. The van der Waals surface area contributed by atoms with Crippen LogP contribution >= 0.6 is 0 Å².